The number of nitrogens with zero attached hydrogens (tertiary/aromatic N) is 1. The van der Waals surface area contributed by atoms with E-state index in [0.717, 1.165) is 17.1 Å². The highest BCUT2D eigenvalue weighted by atomic mass is 32.1. The summed E-state index contributed by atoms with van der Waals surface area (Å²) in [5, 5.41) is 5.11. The Morgan fingerprint density at radius 1 is 0.328 bits per heavy atom. The summed E-state index contributed by atoms with van der Waals surface area (Å²) in [7, 11) is 0. The second kappa shape index (κ2) is 13.2. The van der Waals surface area contributed by atoms with Crippen molar-refractivity contribution < 1.29 is 0 Å². The van der Waals surface area contributed by atoms with Crippen LogP contribution < -0.4 is 4.90 Å². The first-order valence-corrected chi connectivity index (χ1v) is 21.9. The summed E-state index contributed by atoms with van der Waals surface area (Å²) < 4.78 is 2.61. The highest BCUT2D eigenvalue weighted by Crippen LogP contribution is 2.63. The summed E-state index contributed by atoms with van der Waals surface area (Å²) in [5.74, 6) is 0. The van der Waals surface area contributed by atoms with Crippen molar-refractivity contribution in [3.8, 4) is 44.5 Å². The first kappa shape index (κ1) is 34.4. The van der Waals surface area contributed by atoms with Gasteiger partial charge in [-0.1, -0.05) is 176 Å². The fraction of sp³-hybridized carbons (Fsp3) is 0.0169. The molecule has 284 valence electrons. The summed E-state index contributed by atoms with van der Waals surface area (Å²) in [4.78, 5) is 2.50. The van der Waals surface area contributed by atoms with Crippen LogP contribution in [0.1, 0.15) is 22.3 Å². The van der Waals surface area contributed by atoms with Crippen LogP contribution in [0.4, 0.5) is 17.1 Å². The van der Waals surface area contributed by atoms with Crippen LogP contribution >= 0.6 is 11.3 Å². The van der Waals surface area contributed by atoms with E-state index in [-0.39, 0.29) is 0 Å². The lowest BCUT2D eigenvalue weighted by atomic mass is 9.70. The van der Waals surface area contributed by atoms with E-state index in [1.54, 1.807) is 0 Å². The van der Waals surface area contributed by atoms with Gasteiger partial charge in [0, 0.05) is 37.1 Å². The fourth-order valence-electron chi connectivity index (χ4n) is 10.7. The molecule has 0 aliphatic heterocycles. The monoisotopic (exact) mass is 791 g/mol. The van der Waals surface area contributed by atoms with Crippen LogP contribution in [-0.4, -0.2) is 0 Å². The number of thiophene rings is 1. The molecule has 0 unspecified atom stereocenters. The zero-order valence-corrected chi connectivity index (χ0v) is 34.0. The van der Waals surface area contributed by atoms with Crippen molar-refractivity contribution in [1.29, 1.82) is 0 Å². The molecule has 1 spiro atoms. The number of hydrogen-bond acceptors (Lipinski definition) is 2. The van der Waals surface area contributed by atoms with Crippen molar-refractivity contribution in [2.45, 2.75) is 5.41 Å². The zero-order chi connectivity index (χ0) is 40.1. The predicted molar refractivity (Wildman–Crippen MR) is 259 cm³/mol. The molecule has 0 bridgehead atoms. The van der Waals surface area contributed by atoms with Crippen LogP contribution in [0, 0.1) is 0 Å². The molecule has 0 saturated heterocycles. The molecule has 0 atom stereocenters. The zero-order valence-electron chi connectivity index (χ0n) is 33.2. The highest BCUT2D eigenvalue weighted by molar-refractivity contribution is 7.25. The lowest BCUT2D eigenvalue weighted by Gasteiger charge is -2.32. The van der Waals surface area contributed by atoms with Gasteiger partial charge in [0.15, 0.2) is 0 Å². The van der Waals surface area contributed by atoms with Crippen molar-refractivity contribution in [2.24, 2.45) is 0 Å². The van der Waals surface area contributed by atoms with E-state index in [1.165, 1.54) is 97.7 Å². The van der Waals surface area contributed by atoms with E-state index in [2.05, 4.69) is 229 Å². The van der Waals surface area contributed by atoms with E-state index in [9.17, 15) is 0 Å². The minimum absolute atomic E-state index is 0.443. The minimum Gasteiger partial charge on any atom is -0.310 e. The third-order valence-corrected chi connectivity index (χ3v) is 14.4. The van der Waals surface area contributed by atoms with Gasteiger partial charge in [0.05, 0.1) is 11.1 Å². The average molecular weight is 792 g/mol. The van der Waals surface area contributed by atoms with Gasteiger partial charge in [0.2, 0.25) is 0 Å². The third kappa shape index (κ3) is 4.94. The maximum atomic E-state index is 2.50. The Hall–Kier alpha value is -7.52. The van der Waals surface area contributed by atoms with Gasteiger partial charge in [0.1, 0.15) is 0 Å². The topological polar surface area (TPSA) is 3.24 Å². The molecule has 13 rings (SSSR count). The second-order valence-electron chi connectivity index (χ2n) is 16.4. The molecule has 0 saturated carbocycles. The molecule has 1 nitrogen and oxygen atoms in total. The highest BCUT2D eigenvalue weighted by Gasteiger charge is 2.51. The largest absolute Gasteiger partial charge is 0.310 e. The van der Waals surface area contributed by atoms with Crippen molar-refractivity contribution in [3.05, 3.63) is 247 Å². The molecule has 61 heavy (non-hydrogen) atoms. The Balaban J connectivity index is 1.06. The molecule has 10 aromatic carbocycles. The van der Waals surface area contributed by atoms with Crippen molar-refractivity contribution >= 4 is 59.3 Å². The van der Waals surface area contributed by atoms with Crippen molar-refractivity contribution in [1.82, 2.24) is 0 Å². The second-order valence-corrected chi connectivity index (χ2v) is 17.4. The van der Waals surface area contributed by atoms with E-state index in [0.29, 0.717) is 0 Å². The van der Waals surface area contributed by atoms with E-state index in [1.807, 2.05) is 11.3 Å². The molecular weight excluding hydrogens is 755 g/mol. The van der Waals surface area contributed by atoms with E-state index < -0.39 is 5.41 Å². The molecule has 0 N–H and O–H groups in total. The summed E-state index contributed by atoms with van der Waals surface area (Å²) in [6.07, 6.45) is 0. The van der Waals surface area contributed by atoms with Crippen LogP contribution in [-0.2, 0) is 5.41 Å². The summed E-state index contributed by atoms with van der Waals surface area (Å²) >= 11 is 1.87. The Morgan fingerprint density at radius 2 is 0.869 bits per heavy atom. The Bertz CT molecular complexity index is 3490. The smallest absolute Gasteiger partial charge is 0.0726 e. The van der Waals surface area contributed by atoms with Gasteiger partial charge >= 0.3 is 0 Å². The van der Waals surface area contributed by atoms with Gasteiger partial charge in [-0.15, -0.1) is 11.3 Å². The summed E-state index contributed by atoms with van der Waals surface area (Å²) in [5.41, 5.74) is 18.4. The lowest BCUT2D eigenvalue weighted by Crippen LogP contribution is -2.26. The molecule has 0 radical (unpaired) electrons. The molecule has 11 aromatic rings. The maximum Gasteiger partial charge on any atom is 0.0726 e. The van der Waals surface area contributed by atoms with Gasteiger partial charge in [-0.25, -0.2) is 0 Å². The van der Waals surface area contributed by atoms with Crippen molar-refractivity contribution in [3.63, 3.8) is 0 Å². The number of anilines is 3. The van der Waals surface area contributed by atoms with Crippen LogP contribution in [0.5, 0.6) is 0 Å². The number of benzene rings is 10. The first-order chi connectivity index (χ1) is 30.3. The summed E-state index contributed by atoms with van der Waals surface area (Å²) in [6.45, 7) is 0. The van der Waals surface area contributed by atoms with Gasteiger partial charge in [-0.2, -0.15) is 0 Å². The van der Waals surface area contributed by atoms with Crippen LogP contribution in [0.3, 0.4) is 0 Å². The molecular formula is C59H37NS. The maximum absolute atomic E-state index is 2.50. The lowest BCUT2D eigenvalue weighted by molar-refractivity contribution is 0.793. The van der Waals surface area contributed by atoms with Gasteiger partial charge in [-0.3, -0.25) is 0 Å². The average Bonchev–Trinajstić information content (AvgIpc) is 3.96. The van der Waals surface area contributed by atoms with E-state index in [4.69, 9.17) is 0 Å². The molecule has 0 amide bonds. The van der Waals surface area contributed by atoms with Gasteiger partial charge < -0.3 is 4.90 Å². The molecule has 1 aromatic heterocycles. The Morgan fingerprint density at radius 3 is 1.61 bits per heavy atom. The van der Waals surface area contributed by atoms with Crippen molar-refractivity contribution in [2.75, 3.05) is 4.90 Å². The standard InChI is InChI=1S/C59H37NS/c1-2-15-40-36-41(29-28-38(40)14-1)39-30-32-42(33-31-39)60(55-25-11-6-19-48(55)49-21-13-27-57-58(49)50-20-7-12-26-56(50)61-57)43-34-35-47-46-18-5-10-24-53(46)59(54(47)37-43)51-22-8-3-16-44(51)45-17-4-9-23-52(45)59/h1-37H. The van der Waals surface area contributed by atoms with Gasteiger partial charge in [0.25, 0.3) is 0 Å². The fourth-order valence-corrected chi connectivity index (χ4v) is 11.8. The van der Waals surface area contributed by atoms with Crippen LogP contribution in [0.15, 0.2) is 224 Å². The molecule has 0 fully saturated rings. The number of para-hydroxylation sites is 1. The first-order valence-electron chi connectivity index (χ1n) is 21.1. The third-order valence-electron chi connectivity index (χ3n) is 13.3. The Labute approximate surface area is 359 Å². The van der Waals surface area contributed by atoms with Crippen LogP contribution in [0.2, 0.25) is 0 Å². The van der Waals surface area contributed by atoms with Crippen LogP contribution in [0.25, 0.3) is 75.5 Å². The number of rotatable bonds is 5. The number of hydrogen-bond donors (Lipinski definition) is 0. The normalized spacial score (nSPS) is 13.0. The quantitative estimate of drug-likeness (QED) is 0.168. The molecule has 1 heterocycles. The predicted octanol–water partition coefficient (Wildman–Crippen LogP) is 16.4. The molecule has 2 heteroatoms. The van der Waals surface area contributed by atoms with Gasteiger partial charge in [-0.05, 0) is 121 Å². The molecule has 2 aliphatic carbocycles. The Kier molecular flexibility index (Phi) is 7.46. The summed E-state index contributed by atoms with van der Waals surface area (Å²) in [6, 6.07) is 83.6. The number of fused-ring (bicyclic) bond motifs is 14. The van der Waals surface area contributed by atoms with E-state index >= 15 is 0 Å². The SMILES string of the molecule is c1ccc(N(c2ccc(-c3ccc4ccccc4c3)cc2)c2ccc3c(c2)C2(c4ccccc4-c4ccccc42)c2ccccc2-3)c(-c2cccc3sc4ccccc4c23)c1. The molecule has 2 aliphatic rings. The minimum atomic E-state index is -0.443.